The van der Waals surface area contributed by atoms with Crippen LogP contribution in [0.15, 0.2) is 30.3 Å². The average Bonchev–Trinajstić information content (AvgIpc) is 2.78. The van der Waals surface area contributed by atoms with Gasteiger partial charge in [0.1, 0.15) is 11.3 Å². The van der Waals surface area contributed by atoms with Crippen LogP contribution in [0.5, 0.6) is 5.75 Å². The number of rotatable bonds is 3. The van der Waals surface area contributed by atoms with Crippen LogP contribution in [0.4, 0.5) is 11.4 Å². The molecule has 7 nitrogen and oxygen atoms in total. The Bertz CT molecular complexity index is 744. The molecule has 1 aliphatic heterocycles. The van der Waals surface area contributed by atoms with Crippen LogP contribution in [0.2, 0.25) is 0 Å². The summed E-state index contributed by atoms with van der Waals surface area (Å²) in [5.74, 6) is -0.846. The van der Waals surface area contributed by atoms with Gasteiger partial charge in [0.25, 0.3) is 5.69 Å². The molecule has 104 valence electrons. The van der Waals surface area contributed by atoms with Crippen LogP contribution < -0.4 is 5.32 Å². The van der Waals surface area contributed by atoms with Crippen LogP contribution in [0.3, 0.4) is 0 Å². The quantitative estimate of drug-likeness (QED) is 0.387. The van der Waals surface area contributed by atoms with Gasteiger partial charge < -0.3 is 15.2 Å². The number of nitro benzene ring substituents is 1. The lowest BCUT2D eigenvalue weighted by atomic mass is 10.1. The minimum absolute atomic E-state index is 0.221. The Morgan fingerprint density at radius 2 is 2.19 bits per heavy atom. The van der Waals surface area contributed by atoms with Gasteiger partial charge in [-0.1, -0.05) is 12.1 Å². The van der Waals surface area contributed by atoms with E-state index in [4.69, 9.17) is 4.74 Å². The highest BCUT2D eigenvalue weighted by Gasteiger charge is 2.31. The van der Waals surface area contributed by atoms with E-state index >= 15 is 0 Å². The number of nitrogens with zero attached hydrogens (tertiary/aromatic N) is 1. The van der Waals surface area contributed by atoms with Crippen LogP contribution in [-0.2, 0) is 4.74 Å². The van der Waals surface area contributed by atoms with Gasteiger partial charge in [-0.3, -0.25) is 10.1 Å². The standard InChI is InChI=1S/C14H8N2O5/c17-12-7-8(16(19)20)5-6-11(12)15-13-9-3-1-2-4-10(9)14(18)21-13/h1,3,5-7,13,15,17H. The van der Waals surface area contributed by atoms with Gasteiger partial charge in [-0.2, -0.15) is 0 Å². The molecule has 1 unspecified atom stereocenters. The van der Waals surface area contributed by atoms with E-state index in [0.717, 1.165) is 6.07 Å². The number of nitro groups is 1. The smallest absolute Gasteiger partial charge is 0.349 e. The lowest BCUT2D eigenvalue weighted by Crippen LogP contribution is -2.10. The number of hydrogen-bond donors (Lipinski definition) is 2. The van der Waals surface area contributed by atoms with Crippen molar-refractivity contribution in [3.8, 4) is 5.75 Å². The molecular formula is C14H8N2O5. The fourth-order valence-corrected chi connectivity index (χ4v) is 2.02. The van der Waals surface area contributed by atoms with Crippen molar-refractivity contribution in [1.82, 2.24) is 0 Å². The predicted molar refractivity (Wildman–Crippen MR) is 70.7 cm³/mol. The minimum Gasteiger partial charge on any atom is -0.506 e. The number of non-ortho nitro benzene ring substituents is 1. The molecule has 0 amide bonds. The highest BCUT2D eigenvalue weighted by atomic mass is 16.6. The summed E-state index contributed by atoms with van der Waals surface area (Å²) in [6.07, 6.45) is -0.786. The number of benzene rings is 1. The number of cyclic esters (lactones) is 1. The van der Waals surface area contributed by atoms with Gasteiger partial charge in [-0.15, -0.1) is 0 Å². The third-order valence-electron chi connectivity index (χ3n) is 3.02. The number of nitrogens with one attached hydrogen (secondary N) is 1. The van der Waals surface area contributed by atoms with Crippen LogP contribution >= 0.6 is 0 Å². The molecule has 2 N–H and O–H groups in total. The minimum atomic E-state index is -0.786. The summed E-state index contributed by atoms with van der Waals surface area (Å²) in [6, 6.07) is 12.2. The molecule has 0 bridgehead atoms. The number of phenols is 1. The lowest BCUT2D eigenvalue weighted by molar-refractivity contribution is -0.384. The van der Waals surface area contributed by atoms with Crippen molar-refractivity contribution in [2.75, 3.05) is 5.32 Å². The van der Waals surface area contributed by atoms with Gasteiger partial charge in [0.15, 0.2) is 0 Å². The maximum atomic E-state index is 11.6. The normalized spacial score (nSPS) is 15.8. The fraction of sp³-hybridized carbons (Fsp3) is 0.0714. The molecule has 0 aromatic heterocycles. The van der Waals surface area contributed by atoms with E-state index in [1.54, 1.807) is 12.1 Å². The second-order valence-electron chi connectivity index (χ2n) is 4.32. The maximum Gasteiger partial charge on any atom is 0.349 e. The van der Waals surface area contributed by atoms with E-state index in [1.807, 2.05) is 0 Å². The Morgan fingerprint density at radius 3 is 2.90 bits per heavy atom. The Kier molecular flexibility index (Phi) is 2.84. The van der Waals surface area contributed by atoms with Crippen LogP contribution in [0.1, 0.15) is 22.1 Å². The molecule has 0 fully saturated rings. The molecule has 7 heteroatoms. The molecule has 21 heavy (non-hydrogen) atoms. The molecule has 2 aromatic carbocycles. The molecule has 0 spiro atoms. The number of carbonyl (C=O) groups excluding carboxylic acids is 1. The zero-order chi connectivity index (χ0) is 15.0. The Morgan fingerprint density at radius 1 is 1.38 bits per heavy atom. The monoisotopic (exact) mass is 284 g/mol. The van der Waals surface area contributed by atoms with Gasteiger partial charge in [-0.05, 0) is 18.2 Å². The first-order valence-corrected chi connectivity index (χ1v) is 5.93. The number of anilines is 1. The molecule has 3 rings (SSSR count). The van der Waals surface area contributed by atoms with Crippen LogP contribution in [0.25, 0.3) is 0 Å². The molecule has 2 aromatic rings. The SMILES string of the molecule is O=C1OC(Nc2ccc([N+](=O)[O-])cc2O)c2ccc#cc21. The van der Waals surface area contributed by atoms with E-state index in [9.17, 15) is 20.0 Å². The van der Waals surface area contributed by atoms with E-state index in [0.29, 0.717) is 5.56 Å². The summed E-state index contributed by atoms with van der Waals surface area (Å²) in [5, 5.41) is 23.2. The van der Waals surface area contributed by atoms with E-state index in [-0.39, 0.29) is 22.7 Å². The zero-order valence-electron chi connectivity index (χ0n) is 10.5. The Hall–Kier alpha value is -3.27. The number of fused-ring (bicyclic) bond motifs is 1. The predicted octanol–water partition coefficient (Wildman–Crippen LogP) is 2.18. The average molecular weight is 284 g/mol. The molecule has 1 heterocycles. The van der Waals surface area contributed by atoms with Gasteiger partial charge in [0.2, 0.25) is 6.23 Å². The molecule has 0 saturated heterocycles. The first-order chi connectivity index (χ1) is 10.1. The topological polar surface area (TPSA) is 102 Å². The molecule has 0 aliphatic carbocycles. The molecule has 1 aliphatic rings. The van der Waals surface area contributed by atoms with Crippen molar-refractivity contribution in [1.29, 1.82) is 0 Å². The zero-order valence-corrected chi connectivity index (χ0v) is 10.5. The second-order valence-corrected chi connectivity index (χ2v) is 4.32. The fourth-order valence-electron chi connectivity index (χ4n) is 2.02. The Labute approximate surface area is 118 Å². The molecule has 1 atom stereocenters. The third kappa shape index (κ3) is 2.19. The Balaban J connectivity index is 1.89. The van der Waals surface area contributed by atoms with Crippen molar-refractivity contribution >= 4 is 17.3 Å². The number of aromatic hydroxyl groups is 1. The third-order valence-corrected chi connectivity index (χ3v) is 3.02. The van der Waals surface area contributed by atoms with E-state index in [2.05, 4.69) is 17.4 Å². The lowest BCUT2D eigenvalue weighted by Gasteiger charge is -2.14. The van der Waals surface area contributed by atoms with Crippen molar-refractivity contribution < 1.29 is 19.6 Å². The first kappa shape index (κ1) is 12.7. The molecule has 0 saturated carbocycles. The maximum absolute atomic E-state index is 11.6. The van der Waals surface area contributed by atoms with Crippen molar-refractivity contribution in [2.24, 2.45) is 0 Å². The van der Waals surface area contributed by atoms with E-state index in [1.165, 1.54) is 12.1 Å². The summed E-state index contributed by atoms with van der Waals surface area (Å²) in [7, 11) is 0. The highest BCUT2D eigenvalue weighted by Crippen LogP contribution is 2.34. The summed E-state index contributed by atoms with van der Waals surface area (Å²) in [5.41, 5.74) is 0.830. The van der Waals surface area contributed by atoms with Crippen molar-refractivity contribution in [2.45, 2.75) is 6.23 Å². The summed E-state index contributed by atoms with van der Waals surface area (Å²) in [6.45, 7) is 0. The molecular weight excluding hydrogens is 276 g/mol. The summed E-state index contributed by atoms with van der Waals surface area (Å²) < 4.78 is 5.12. The van der Waals surface area contributed by atoms with Gasteiger partial charge in [0, 0.05) is 11.6 Å². The first-order valence-electron chi connectivity index (χ1n) is 5.93. The van der Waals surface area contributed by atoms with Gasteiger partial charge in [-0.25, -0.2) is 4.79 Å². The van der Waals surface area contributed by atoms with Crippen molar-refractivity contribution in [3.05, 3.63) is 63.7 Å². The molecule has 0 radical (unpaired) electrons. The summed E-state index contributed by atoms with van der Waals surface area (Å²) >= 11 is 0. The summed E-state index contributed by atoms with van der Waals surface area (Å²) in [4.78, 5) is 21.6. The number of carbonyl (C=O) groups is 1. The van der Waals surface area contributed by atoms with Crippen LogP contribution in [-0.4, -0.2) is 16.0 Å². The highest BCUT2D eigenvalue weighted by molar-refractivity contribution is 5.93. The number of phenolic OH excluding ortho intramolecular Hbond substituents is 1. The van der Waals surface area contributed by atoms with E-state index < -0.39 is 17.1 Å². The van der Waals surface area contributed by atoms with Crippen molar-refractivity contribution in [3.63, 3.8) is 0 Å². The largest absolute Gasteiger partial charge is 0.506 e. The second kappa shape index (κ2) is 4.68. The number of hydrogen-bond acceptors (Lipinski definition) is 6. The van der Waals surface area contributed by atoms with Crippen LogP contribution in [0, 0.1) is 22.2 Å². The number of esters is 1. The van der Waals surface area contributed by atoms with Gasteiger partial charge in [0.05, 0.1) is 16.7 Å². The van der Waals surface area contributed by atoms with Gasteiger partial charge >= 0.3 is 5.97 Å². The number of ether oxygens (including phenoxy) is 1.